The average molecular weight is 863 g/mol. The molecule has 0 bridgehead atoms. The van der Waals surface area contributed by atoms with Gasteiger partial charge in [-0.05, 0) is 57.8 Å². The highest BCUT2D eigenvalue weighted by Crippen LogP contribution is 2.38. The van der Waals surface area contributed by atoms with Crippen molar-refractivity contribution in [1.82, 2.24) is 5.32 Å². The molecule has 0 aromatic carbocycles. The quantitative estimate of drug-likeness (QED) is 0.0273. The van der Waals surface area contributed by atoms with Gasteiger partial charge in [-0.25, -0.2) is 0 Å². The molecule has 0 spiro atoms. The lowest BCUT2D eigenvalue weighted by atomic mass is 10.0. The van der Waals surface area contributed by atoms with Crippen LogP contribution in [0.15, 0.2) is 60.8 Å². The minimum absolute atomic E-state index is 0.00251. The van der Waals surface area contributed by atoms with Gasteiger partial charge in [-0.2, -0.15) is 0 Å². The first kappa shape index (κ1) is 58.2. The lowest BCUT2D eigenvalue weighted by Crippen LogP contribution is -2.45. The number of carbonyl (C=O) groups is 1. The molecule has 0 radical (unpaired) electrons. The second-order valence-corrected chi connectivity index (χ2v) is 19.2. The summed E-state index contributed by atoms with van der Waals surface area (Å²) < 4.78 is 23.2. The fraction of sp³-hybridized carbons (Fsp3) is 0.784. The first-order chi connectivity index (χ1) is 29.0. The summed E-state index contributed by atoms with van der Waals surface area (Å²) in [6.07, 6.45) is 55.7. The number of allylic oxidation sites excluding steroid dienone is 9. The topological polar surface area (TPSA) is 108 Å². The summed E-state index contributed by atoms with van der Waals surface area (Å²) >= 11 is 0. The third-order valence-corrected chi connectivity index (χ3v) is 11.7. The highest BCUT2D eigenvalue weighted by atomic mass is 31.2. The second kappa shape index (κ2) is 42.5. The van der Waals surface area contributed by atoms with E-state index in [1.165, 1.54) is 122 Å². The third-order valence-electron chi connectivity index (χ3n) is 10.7. The predicted molar refractivity (Wildman–Crippen MR) is 256 cm³/mol. The number of nitrogens with zero attached hydrogens (tertiary/aromatic N) is 1. The van der Waals surface area contributed by atoms with E-state index in [0.29, 0.717) is 17.4 Å². The van der Waals surface area contributed by atoms with E-state index in [0.717, 1.165) is 64.2 Å². The number of hydrogen-bond acceptors (Lipinski definition) is 6. The van der Waals surface area contributed by atoms with E-state index >= 15 is 0 Å². The lowest BCUT2D eigenvalue weighted by Gasteiger charge is -2.29. The van der Waals surface area contributed by atoms with E-state index in [1.54, 1.807) is 6.08 Å². The summed E-state index contributed by atoms with van der Waals surface area (Å²) in [5.41, 5.74) is 0. The van der Waals surface area contributed by atoms with Gasteiger partial charge >= 0.3 is 0 Å². The first-order valence-electron chi connectivity index (χ1n) is 24.7. The Hall–Kier alpha value is -1.80. The molecule has 0 aromatic rings. The van der Waals surface area contributed by atoms with Crippen molar-refractivity contribution in [2.75, 3.05) is 40.9 Å². The predicted octanol–water partition coefficient (Wildman–Crippen LogP) is 13.6. The van der Waals surface area contributed by atoms with Gasteiger partial charge in [0.2, 0.25) is 5.91 Å². The molecule has 0 aliphatic heterocycles. The van der Waals surface area contributed by atoms with Gasteiger partial charge in [0.05, 0.1) is 39.9 Å². The van der Waals surface area contributed by atoms with Crippen molar-refractivity contribution in [3.8, 4) is 0 Å². The van der Waals surface area contributed by atoms with E-state index in [-0.39, 0.29) is 19.1 Å². The number of hydrogen-bond donors (Lipinski definition) is 2. The van der Waals surface area contributed by atoms with Crippen LogP contribution >= 0.6 is 7.82 Å². The van der Waals surface area contributed by atoms with Gasteiger partial charge in [0.15, 0.2) is 0 Å². The molecule has 2 N–H and O–H groups in total. The van der Waals surface area contributed by atoms with E-state index in [9.17, 15) is 19.4 Å². The number of carbonyl (C=O) groups excluding carboxylic acids is 1. The fourth-order valence-corrected chi connectivity index (χ4v) is 7.57. The van der Waals surface area contributed by atoms with Crippen LogP contribution in [0.5, 0.6) is 0 Å². The monoisotopic (exact) mass is 863 g/mol. The van der Waals surface area contributed by atoms with Crippen LogP contribution < -0.4 is 10.2 Å². The minimum atomic E-state index is -4.59. The maximum absolute atomic E-state index is 12.9. The number of aliphatic hydroxyl groups excluding tert-OH is 1. The molecular weight excluding hydrogens is 768 g/mol. The van der Waals surface area contributed by atoms with Gasteiger partial charge in [0.25, 0.3) is 7.82 Å². The van der Waals surface area contributed by atoms with Crippen molar-refractivity contribution < 1.29 is 32.9 Å². The highest BCUT2D eigenvalue weighted by Gasteiger charge is 2.23. The van der Waals surface area contributed by atoms with Crippen LogP contribution in [0.25, 0.3) is 0 Å². The van der Waals surface area contributed by atoms with Gasteiger partial charge in [-0.3, -0.25) is 9.36 Å². The van der Waals surface area contributed by atoms with E-state index in [2.05, 4.69) is 67.8 Å². The zero-order valence-corrected chi connectivity index (χ0v) is 40.5. The van der Waals surface area contributed by atoms with Crippen LogP contribution in [0.2, 0.25) is 0 Å². The van der Waals surface area contributed by atoms with Crippen LogP contribution in [0.4, 0.5) is 0 Å². The van der Waals surface area contributed by atoms with Gasteiger partial charge < -0.3 is 28.8 Å². The van der Waals surface area contributed by atoms with E-state index in [4.69, 9.17) is 9.05 Å². The summed E-state index contributed by atoms with van der Waals surface area (Å²) in [5.74, 6) is -0.201. The number of nitrogens with one attached hydrogen (secondary N) is 1. The zero-order chi connectivity index (χ0) is 44.3. The maximum atomic E-state index is 12.9. The molecule has 1 amide bonds. The minimum Gasteiger partial charge on any atom is -0.756 e. The first-order valence-corrected chi connectivity index (χ1v) is 26.1. The molecule has 0 aromatic heterocycles. The van der Waals surface area contributed by atoms with Gasteiger partial charge in [0.1, 0.15) is 13.2 Å². The number of unbranched alkanes of at least 4 members (excludes halogenated alkanes) is 23. The summed E-state index contributed by atoms with van der Waals surface area (Å²) in [6.45, 7) is 4.51. The lowest BCUT2D eigenvalue weighted by molar-refractivity contribution is -0.870. The van der Waals surface area contributed by atoms with E-state index in [1.807, 2.05) is 27.2 Å². The fourth-order valence-electron chi connectivity index (χ4n) is 6.85. The molecule has 60 heavy (non-hydrogen) atoms. The highest BCUT2D eigenvalue weighted by molar-refractivity contribution is 7.45. The molecule has 8 nitrogen and oxygen atoms in total. The van der Waals surface area contributed by atoms with Crippen molar-refractivity contribution in [1.29, 1.82) is 0 Å². The zero-order valence-electron chi connectivity index (χ0n) is 39.6. The molecule has 0 aliphatic carbocycles. The van der Waals surface area contributed by atoms with Crippen molar-refractivity contribution in [3.63, 3.8) is 0 Å². The standard InChI is InChI=1S/C51H95N2O6P/c1-6-8-10-12-14-16-18-19-20-21-22-23-24-25-26-27-28-29-30-31-32-33-35-37-39-41-43-45-51(55)52-49(48-59-60(56,57)58-47-46-53(3,4)5)50(54)44-42-40-38-36-34-17-15-13-11-9-7-2/h8,10,14,16,19-20,22-23,42,44,49-50,54H,6-7,9,11-13,15,17-18,21,24-41,43,45-48H2,1-5H3,(H-,52,55,56,57)/b10-8-,16-14-,20-19-,23-22-,44-42+. The van der Waals surface area contributed by atoms with Crippen LogP contribution in [-0.4, -0.2) is 68.5 Å². The van der Waals surface area contributed by atoms with E-state index < -0.39 is 20.0 Å². The van der Waals surface area contributed by atoms with Crippen molar-refractivity contribution in [3.05, 3.63) is 60.8 Å². The molecule has 9 heteroatoms. The van der Waals surface area contributed by atoms with Gasteiger partial charge in [0, 0.05) is 6.42 Å². The van der Waals surface area contributed by atoms with Gasteiger partial charge in [-0.15, -0.1) is 0 Å². The van der Waals surface area contributed by atoms with Gasteiger partial charge in [-0.1, -0.05) is 203 Å². The molecular formula is C51H95N2O6P. The van der Waals surface area contributed by atoms with Crippen molar-refractivity contribution in [2.45, 2.75) is 219 Å². The Bertz CT molecular complexity index is 1160. The Balaban J connectivity index is 4.16. The summed E-state index contributed by atoms with van der Waals surface area (Å²) in [7, 11) is 1.26. The van der Waals surface area contributed by atoms with Crippen LogP contribution in [0, 0.1) is 0 Å². The Morgan fingerprint density at radius 1 is 0.600 bits per heavy atom. The second-order valence-electron chi connectivity index (χ2n) is 17.8. The Kier molecular flexibility index (Phi) is 41.2. The number of likely N-dealkylation sites (N-methyl/N-ethyl adjacent to an activating group) is 1. The maximum Gasteiger partial charge on any atom is 0.268 e. The third kappa shape index (κ3) is 44.3. The molecule has 0 saturated heterocycles. The molecule has 350 valence electrons. The average Bonchev–Trinajstić information content (AvgIpc) is 3.20. The Morgan fingerprint density at radius 2 is 1.02 bits per heavy atom. The smallest absolute Gasteiger partial charge is 0.268 e. The molecule has 0 rings (SSSR count). The summed E-state index contributed by atoms with van der Waals surface area (Å²) in [5, 5.41) is 13.8. The molecule has 0 fully saturated rings. The van der Waals surface area contributed by atoms with Crippen LogP contribution in [0.3, 0.4) is 0 Å². The summed E-state index contributed by atoms with van der Waals surface area (Å²) in [6, 6.07) is -0.886. The number of amides is 1. The molecule has 3 atom stereocenters. The number of aliphatic hydroxyl groups is 1. The number of phosphoric acid groups is 1. The number of quaternary nitrogens is 1. The normalized spacial score (nSPS) is 14.7. The number of rotatable bonds is 44. The SMILES string of the molecule is CC/C=C\C/C=C\C/C=C\C/C=C\CCCCCCCCCCCCCCCCC(=O)NC(COP(=O)([O-])OCC[N+](C)(C)C)C(O)/C=C/CCCCCCCCCCC. The number of phosphoric ester groups is 1. The Morgan fingerprint density at radius 3 is 1.48 bits per heavy atom. The largest absolute Gasteiger partial charge is 0.756 e. The van der Waals surface area contributed by atoms with Crippen LogP contribution in [0.1, 0.15) is 206 Å². The van der Waals surface area contributed by atoms with Crippen LogP contribution in [-0.2, 0) is 18.4 Å². The van der Waals surface area contributed by atoms with Crippen molar-refractivity contribution >= 4 is 13.7 Å². The molecule has 0 saturated carbocycles. The molecule has 0 heterocycles. The molecule has 0 aliphatic rings. The Labute approximate surface area is 371 Å². The summed E-state index contributed by atoms with van der Waals surface area (Å²) in [4.78, 5) is 25.3. The van der Waals surface area contributed by atoms with Crippen molar-refractivity contribution in [2.24, 2.45) is 0 Å². The molecule has 3 unspecified atom stereocenters.